The third kappa shape index (κ3) is 6.47. The molecule has 0 aliphatic carbocycles. The third-order valence-electron chi connectivity index (χ3n) is 6.61. The van der Waals surface area contributed by atoms with Crippen molar-refractivity contribution in [1.29, 1.82) is 0 Å². The van der Waals surface area contributed by atoms with Crippen molar-refractivity contribution in [2.45, 2.75) is 90.6 Å². The fourth-order valence-corrected chi connectivity index (χ4v) is 4.79. The maximum absolute atomic E-state index is 12.5. The number of H-pyrrole nitrogens is 1. The molecule has 0 saturated carbocycles. The van der Waals surface area contributed by atoms with E-state index in [1.165, 1.54) is 0 Å². The van der Waals surface area contributed by atoms with Crippen LogP contribution in [0, 0.1) is 0 Å². The summed E-state index contributed by atoms with van der Waals surface area (Å²) in [6.45, 7) is 19.0. The second-order valence-corrected chi connectivity index (χ2v) is 16.3. The number of piperidine rings is 1. The van der Waals surface area contributed by atoms with Gasteiger partial charge >= 0.3 is 6.09 Å². The molecule has 1 atom stereocenters. The van der Waals surface area contributed by atoms with Gasteiger partial charge in [-0.2, -0.15) is 0 Å². The van der Waals surface area contributed by atoms with Crippen LogP contribution in [-0.2, 0) is 15.6 Å². The molecule has 3 rings (SSSR count). The summed E-state index contributed by atoms with van der Waals surface area (Å²) in [4.78, 5) is 26.6. The van der Waals surface area contributed by atoms with E-state index in [1.807, 2.05) is 27.0 Å². The average Bonchev–Trinajstić information content (AvgIpc) is 3.10. The minimum Gasteiger partial charge on any atom is -0.444 e. The number of hydrogen-bond acceptors (Lipinski definition) is 6. The molecule has 1 aliphatic rings. The summed E-state index contributed by atoms with van der Waals surface area (Å²) < 4.78 is 12.0. The summed E-state index contributed by atoms with van der Waals surface area (Å²) in [5, 5.41) is 4.77. The number of likely N-dealkylation sites (tertiary alicyclic amines) is 1. The van der Waals surface area contributed by atoms with Gasteiger partial charge in [0.15, 0.2) is 8.32 Å². The highest BCUT2D eigenvalue weighted by atomic mass is 28.4. The van der Waals surface area contributed by atoms with Gasteiger partial charge in [-0.25, -0.2) is 14.8 Å². The summed E-state index contributed by atoms with van der Waals surface area (Å²) in [5.41, 5.74) is 1.46. The topological polar surface area (TPSA) is 92.4 Å². The molecule has 1 fully saturated rings. The average molecular weight is 476 g/mol. The zero-order valence-corrected chi connectivity index (χ0v) is 22.5. The van der Waals surface area contributed by atoms with Gasteiger partial charge in [-0.1, -0.05) is 20.8 Å². The summed E-state index contributed by atoms with van der Waals surface area (Å²) in [5.74, 6) is 0.805. The second kappa shape index (κ2) is 9.62. The molecule has 1 saturated heterocycles. The van der Waals surface area contributed by atoms with Gasteiger partial charge in [0.05, 0.1) is 5.39 Å². The lowest BCUT2D eigenvalue weighted by Gasteiger charge is -2.36. The van der Waals surface area contributed by atoms with Crippen LogP contribution in [0.25, 0.3) is 11.0 Å². The number of fused-ring (bicyclic) bond motifs is 1. The number of anilines is 1. The van der Waals surface area contributed by atoms with Crippen LogP contribution in [0.4, 0.5) is 10.6 Å². The Morgan fingerprint density at radius 3 is 2.64 bits per heavy atom. The summed E-state index contributed by atoms with van der Waals surface area (Å²) in [6, 6.07) is 0.107. The molecule has 2 aromatic heterocycles. The fourth-order valence-electron chi connectivity index (χ4n) is 3.75. The predicted molar refractivity (Wildman–Crippen MR) is 135 cm³/mol. The van der Waals surface area contributed by atoms with Gasteiger partial charge in [0.25, 0.3) is 0 Å². The van der Waals surface area contributed by atoms with Crippen molar-refractivity contribution in [3.05, 3.63) is 18.1 Å². The number of amides is 1. The summed E-state index contributed by atoms with van der Waals surface area (Å²) in [6.07, 6.45) is 6.01. The van der Waals surface area contributed by atoms with E-state index in [1.54, 1.807) is 11.2 Å². The molecule has 0 radical (unpaired) electrons. The molecule has 1 amide bonds. The van der Waals surface area contributed by atoms with E-state index in [9.17, 15) is 4.79 Å². The minimum atomic E-state index is -1.80. The Kier molecular flexibility index (Phi) is 7.43. The SMILES string of the molecule is CC(C)(C)OC(=O)N1CCCC(Nc2ncnc3[nH]cc(CCO[Si](C)(C)C(C)(C)C)c23)C1. The highest BCUT2D eigenvalue weighted by molar-refractivity contribution is 6.74. The Balaban J connectivity index is 1.70. The van der Waals surface area contributed by atoms with E-state index in [-0.39, 0.29) is 17.2 Å². The maximum Gasteiger partial charge on any atom is 0.410 e. The van der Waals surface area contributed by atoms with Crippen molar-refractivity contribution < 1.29 is 14.0 Å². The van der Waals surface area contributed by atoms with Crippen molar-refractivity contribution in [3.8, 4) is 0 Å². The van der Waals surface area contributed by atoms with E-state index in [0.29, 0.717) is 19.7 Å². The van der Waals surface area contributed by atoms with E-state index in [4.69, 9.17) is 9.16 Å². The molecule has 184 valence electrons. The Morgan fingerprint density at radius 1 is 1.24 bits per heavy atom. The lowest BCUT2D eigenvalue weighted by Crippen LogP contribution is -2.47. The highest BCUT2D eigenvalue weighted by Gasteiger charge is 2.37. The molecule has 9 heteroatoms. The van der Waals surface area contributed by atoms with Crippen LogP contribution >= 0.6 is 0 Å². The van der Waals surface area contributed by atoms with Crippen LogP contribution < -0.4 is 5.32 Å². The van der Waals surface area contributed by atoms with Gasteiger partial charge < -0.3 is 24.4 Å². The Bertz CT molecular complexity index is 961. The number of rotatable bonds is 6. The molecular formula is C24H41N5O3Si. The van der Waals surface area contributed by atoms with E-state index in [0.717, 1.165) is 41.7 Å². The Labute approximate surface area is 199 Å². The van der Waals surface area contributed by atoms with Crippen LogP contribution in [0.2, 0.25) is 18.1 Å². The van der Waals surface area contributed by atoms with Crippen LogP contribution in [0.3, 0.4) is 0 Å². The number of nitrogens with one attached hydrogen (secondary N) is 2. The number of ether oxygens (including phenoxy) is 1. The van der Waals surface area contributed by atoms with Crippen LogP contribution in [0.5, 0.6) is 0 Å². The van der Waals surface area contributed by atoms with Gasteiger partial charge in [-0.3, -0.25) is 0 Å². The zero-order chi connectivity index (χ0) is 24.4. The standard InChI is InChI=1S/C24H41N5O3Si/c1-23(2,3)32-22(30)29-12-9-10-18(15-29)28-21-19-17(14-25-20(19)26-16-27-21)11-13-31-33(7,8)24(4,5)6/h14,16,18H,9-13,15H2,1-8H3,(H2,25,26,27,28). The van der Waals surface area contributed by atoms with Gasteiger partial charge in [-0.15, -0.1) is 0 Å². The van der Waals surface area contributed by atoms with Crippen LogP contribution in [-0.4, -0.2) is 65.6 Å². The number of carbonyl (C=O) groups excluding carboxylic acids is 1. The molecule has 3 heterocycles. The van der Waals surface area contributed by atoms with E-state index >= 15 is 0 Å². The zero-order valence-electron chi connectivity index (χ0n) is 21.5. The lowest BCUT2D eigenvalue weighted by molar-refractivity contribution is 0.0206. The normalized spacial score (nSPS) is 17.9. The molecule has 0 spiro atoms. The predicted octanol–water partition coefficient (Wildman–Crippen LogP) is 5.33. The highest BCUT2D eigenvalue weighted by Crippen LogP contribution is 2.36. The second-order valence-electron chi connectivity index (χ2n) is 11.5. The fraction of sp³-hybridized carbons (Fsp3) is 0.708. The largest absolute Gasteiger partial charge is 0.444 e. The monoisotopic (exact) mass is 475 g/mol. The van der Waals surface area contributed by atoms with Crippen LogP contribution in [0.15, 0.2) is 12.5 Å². The Hall–Kier alpha value is -2.13. The smallest absolute Gasteiger partial charge is 0.410 e. The van der Waals surface area contributed by atoms with Crippen molar-refractivity contribution in [1.82, 2.24) is 19.9 Å². The maximum atomic E-state index is 12.5. The van der Waals surface area contributed by atoms with Gasteiger partial charge in [-0.05, 0) is 63.7 Å². The van der Waals surface area contributed by atoms with E-state index < -0.39 is 13.9 Å². The number of aromatic nitrogens is 3. The first-order chi connectivity index (χ1) is 15.3. The molecule has 2 aromatic rings. The molecule has 33 heavy (non-hydrogen) atoms. The number of nitrogens with zero attached hydrogens (tertiary/aromatic N) is 3. The lowest BCUT2D eigenvalue weighted by atomic mass is 10.1. The number of hydrogen-bond donors (Lipinski definition) is 2. The van der Waals surface area contributed by atoms with Gasteiger partial charge in [0.1, 0.15) is 23.4 Å². The molecule has 1 unspecified atom stereocenters. The molecule has 1 aliphatic heterocycles. The van der Waals surface area contributed by atoms with Crippen molar-refractivity contribution in [2.75, 3.05) is 25.0 Å². The molecule has 0 aromatic carbocycles. The van der Waals surface area contributed by atoms with Crippen molar-refractivity contribution in [3.63, 3.8) is 0 Å². The quantitative estimate of drug-likeness (QED) is 0.548. The summed E-state index contributed by atoms with van der Waals surface area (Å²) >= 11 is 0. The first-order valence-electron chi connectivity index (χ1n) is 12.0. The van der Waals surface area contributed by atoms with Crippen molar-refractivity contribution >= 4 is 31.3 Å². The molecular weight excluding hydrogens is 434 g/mol. The van der Waals surface area contributed by atoms with Crippen molar-refractivity contribution in [2.24, 2.45) is 0 Å². The van der Waals surface area contributed by atoms with Gasteiger partial charge in [0.2, 0.25) is 0 Å². The van der Waals surface area contributed by atoms with E-state index in [2.05, 4.69) is 54.1 Å². The summed E-state index contributed by atoms with van der Waals surface area (Å²) in [7, 11) is -1.80. The molecule has 2 N–H and O–H groups in total. The Morgan fingerprint density at radius 2 is 1.97 bits per heavy atom. The minimum absolute atomic E-state index is 0.107. The number of carbonyl (C=O) groups is 1. The van der Waals surface area contributed by atoms with Crippen LogP contribution in [0.1, 0.15) is 59.9 Å². The molecule has 0 bridgehead atoms. The van der Waals surface area contributed by atoms with Gasteiger partial charge in [0, 0.05) is 31.9 Å². The first-order valence-corrected chi connectivity index (χ1v) is 14.9. The number of aromatic amines is 1. The first kappa shape index (κ1) is 25.5. The molecule has 8 nitrogen and oxygen atoms in total. The third-order valence-corrected chi connectivity index (χ3v) is 11.1.